The Hall–Kier alpha value is -2.90. The molecule has 7 heteroatoms. The Morgan fingerprint density at radius 1 is 1.03 bits per heavy atom. The zero-order valence-corrected chi connectivity index (χ0v) is 19.3. The second-order valence-electron chi connectivity index (χ2n) is 8.63. The van der Waals surface area contributed by atoms with E-state index in [1.807, 2.05) is 4.90 Å². The highest BCUT2D eigenvalue weighted by Crippen LogP contribution is 2.15. The Balaban J connectivity index is 1.44. The van der Waals surface area contributed by atoms with Gasteiger partial charge in [0.15, 0.2) is 0 Å². The standard InChI is InChI=1S/C25H36N6O/c1-20-6-3-4-8-23(20)18-22-12-10-21(11-13-22)7-5-9-24(28-26)31(27)19-25(32)30-16-14-29(2)15-17-30/h3-4,6,8,10-13H,5,7,9,14-19,26-27H2,1-2H3/b28-24-. The molecule has 2 aromatic carbocycles. The summed E-state index contributed by atoms with van der Waals surface area (Å²) < 4.78 is 0. The van der Waals surface area contributed by atoms with E-state index in [4.69, 9.17) is 11.7 Å². The summed E-state index contributed by atoms with van der Waals surface area (Å²) in [5.41, 5.74) is 5.26. The zero-order valence-electron chi connectivity index (χ0n) is 19.3. The minimum Gasteiger partial charge on any atom is -0.339 e. The number of hydrogen-bond acceptors (Lipinski definition) is 5. The maximum Gasteiger partial charge on any atom is 0.243 e. The summed E-state index contributed by atoms with van der Waals surface area (Å²) in [7, 11) is 2.06. The molecule has 32 heavy (non-hydrogen) atoms. The van der Waals surface area contributed by atoms with Crippen molar-refractivity contribution in [3.63, 3.8) is 0 Å². The number of hydrazone groups is 1. The lowest BCUT2D eigenvalue weighted by atomic mass is 9.99. The number of aryl methyl sites for hydroxylation is 2. The number of piperazine rings is 1. The van der Waals surface area contributed by atoms with Gasteiger partial charge >= 0.3 is 0 Å². The summed E-state index contributed by atoms with van der Waals surface area (Å²) in [5, 5.41) is 5.23. The maximum absolute atomic E-state index is 12.5. The second kappa shape index (κ2) is 11.6. The second-order valence-corrected chi connectivity index (χ2v) is 8.63. The fraction of sp³-hybridized carbons (Fsp3) is 0.440. The summed E-state index contributed by atoms with van der Waals surface area (Å²) >= 11 is 0. The van der Waals surface area contributed by atoms with Gasteiger partial charge in [0.2, 0.25) is 5.91 Å². The Kier molecular flexibility index (Phi) is 8.64. The number of nitrogens with two attached hydrogens (primary N) is 2. The maximum atomic E-state index is 12.5. The van der Waals surface area contributed by atoms with Crippen LogP contribution >= 0.6 is 0 Å². The van der Waals surface area contributed by atoms with Gasteiger partial charge in [-0.15, -0.1) is 0 Å². The molecule has 1 amide bonds. The summed E-state index contributed by atoms with van der Waals surface area (Å²) in [6.45, 7) is 5.50. The molecule has 0 radical (unpaired) electrons. The van der Waals surface area contributed by atoms with Crippen LogP contribution in [0.3, 0.4) is 0 Å². The van der Waals surface area contributed by atoms with Gasteiger partial charge in [-0.25, -0.2) is 5.84 Å². The Labute approximate surface area is 191 Å². The fourth-order valence-electron chi connectivity index (χ4n) is 3.98. The highest BCUT2D eigenvalue weighted by molar-refractivity contribution is 5.87. The van der Waals surface area contributed by atoms with Crippen LogP contribution in [0.2, 0.25) is 0 Å². The number of nitrogens with zero attached hydrogens (tertiary/aromatic N) is 4. The largest absolute Gasteiger partial charge is 0.339 e. The predicted molar refractivity (Wildman–Crippen MR) is 130 cm³/mol. The van der Waals surface area contributed by atoms with Crippen molar-refractivity contribution in [2.75, 3.05) is 39.8 Å². The average molecular weight is 437 g/mol. The molecule has 1 aliphatic rings. The SMILES string of the molecule is Cc1ccccc1Cc1ccc(CCC/C(=N/N)N(N)CC(=O)N2CCN(C)CC2)cc1. The normalized spacial score (nSPS) is 15.1. The van der Waals surface area contributed by atoms with E-state index in [2.05, 4.69) is 72.5 Å². The van der Waals surface area contributed by atoms with Crippen molar-refractivity contribution in [1.82, 2.24) is 14.8 Å². The first-order chi connectivity index (χ1) is 15.5. The number of hydrogen-bond donors (Lipinski definition) is 2. The molecule has 3 rings (SSSR count). The molecule has 172 valence electrons. The van der Waals surface area contributed by atoms with Crippen LogP contribution in [0.15, 0.2) is 53.6 Å². The minimum absolute atomic E-state index is 0.0194. The van der Waals surface area contributed by atoms with Crippen LogP contribution in [0.1, 0.15) is 35.1 Å². The lowest BCUT2D eigenvalue weighted by molar-refractivity contribution is -0.133. The topological polar surface area (TPSA) is 91.2 Å². The summed E-state index contributed by atoms with van der Waals surface area (Å²) in [4.78, 5) is 16.6. The Morgan fingerprint density at radius 2 is 1.69 bits per heavy atom. The molecule has 7 nitrogen and oxygen atoms in total. The first-order valence-electron chi connectivity index (χ1n) is 11.3. The highest BCUT2D eigenvalue weighted by Gasteiger charge is 2.21. The van der Waals surface area contributed by atoms with Crippen LogP contribution in [-0.2, 0) is 17.6 Å². The van der Waals surface area contributed by atoms with E-state index in [9.17, 15) is 4.79 Å². The van der Waals surface area contributed by atoms with Crippen LogP contribution in [-0.4, -0.2) is 66.3 Å². The van der Waals surface area contributed by atoms with Crippen molar-refractivity contribution in [3.05, 3.63) is 70.8 Å². The first-order valence-corrected chi connectivity index (χ1v) is 11.3. The van der Waals surface area contributed by atoms with E-state index in [0.29, 0.717) is 12.3 Å². The number of carbonyl (C=O) groups is 1. The Bertz CT molecular complexity index is 903. The van der Waals surface area contributed by atoms with Crippen molar-refractivity contribution in [3.8, 4) is 0 Å². The Morgan fingerprint density at radius 3 is 2.34 bits per heavy atom. The monoisotopic (exact) mass is 436 g/mol. The predicted octanol–water partition coefficient (Wildman–Crippen LogP) is 2.13. The van der Waals surface area contributed by atoms with Gasteiger partial charge in [0.25, 0.3) is 0 Å². The van der Waals surface area contributed by atoms with Gasteiger partial charge in [-0.05, 0) is 55.5 Å². The van der Waals surface area contributed by atoms with E-state index < -0.39 is 0 Å². The molecule has 1 heterocycles. The molecule has 0 bridgehead atoms. The average Bonchev–Trinajstić information content (AvgIpc) is 2.79. The lowest BCUT2D eigenvalue weighted by Crippen LogP contribution is -2.52. The van der Waals surface area contributed by atoms with Crippen LogP contribution in [0.4, 0.5) is 0 Å². The molecule has 1 saturated heterocycles. The third-order valence-corrected chi connectivity index (χ3v) is 6.19. The van der Waals surface area contributed by atoms with Crippen LogP contribution in [0, 0.1) is 6.92 Å². The first kappa shape index (κ1) is 23.8. The number of rotatable bonds is 8. The molecule has 2 aromatic rings. The molecule has 1 fully saturated rings. The van der Waals surface area contributed by atoms with Crippen molar-refractivity contribution in [2.24, 2.45) is 16.8 Å². The molecule has 1 aliphatic heterocycles. The van der Waals surface area contributed by atoms with Crippen LogP contribution in [0.5, 0.6) is 0 Å². The van der Waals surface area contributed by atoms with Gasteiger partial charge in [-0.1, -0.05) is 48.5 Å². The molecule has 0 spiro atoms. The third-order valence-electron chi connectivity index (χ3n) is 6.19. The van der Waals surface area contributed by atoms with Gasteiger partial charge in [-0.3, -0.25) is 9.80 Å². The van der Waals surface area contributed by atoms with Gasteiger partial charge < -0.3 is 15.6 Å². The molecule has 0 atom stereocenters. The van der Waals surface area contributed by atoms with E-state index in [0.717, 1.165) is 45.4 Å². The van der Waals surface area contributed by atoms with Crippen molar-refractivity contribution in [1.29, 1.82) is 0 Å². The number of likely N-dealkylation sites (N-methyl/N-ethyl adjacent to an activating group) is 1. The van der Waals surface area contributed by atoms with Gasteiger partial charge in [0.1, 0.15) is 12.4 Å². The molecular weight excluding hydrogens is 400 g/mol. The van der Waals surface area contributed by atoms with E-state index in [-0.39, 0.29) is 12.5 Å². The number of hydrazine groups is 1. The van der Waals surface area contributed by atoms with E-state index in [1.165, 1.54) is 27.3 Å². The van der Waals surface area contributed by atoms with Gasteiger partial charge in [-0.2, -0.15) is 5.10 Å². The third kappa shape index (κ3) is 6.80. The molecule has 0 aliphatic carbocycles. The van der Waals surface area contributed by atoms with Crippen molar-refractivity contribution >= 4 is 11.7 Å². The van der Waals surface area contributed by atoms with Gasteiger partial charge in [0.05, 0.1) is 0 Å². The van der Waals surface area contributed by atoms with Gasteiger partial charge in [0, 0.05) is 32.6 Å². The van der Waals surface area contributed by atoms with Crippen LogP contribution in [0.25, 0.3) is 0 Å². The fourth-order valence-corrected chi connectivity index (χ4v) is 3.98. The van der Waals surface area contributed by atoms with Crippen molar-refractivity contribution in [2.45, 2.75) is 32.6 Å². The van der Waals surface area contributed by atoms with E-state index >= 15 is 0 Å². The lowest BCUT2D eigenvalue weighted by Gasteiger charge is -2.33. The zero-order chi connectivity index (χ0) is 22.9. The molecule has 0 saturated carbocycles. The number of carbonyl (C=O) groups excluding carboxylic acids is 1. The number of amidine groups is 1. The molecule has 4 N–H and O–H groups in total. The summed E-state index contributed by atoms with van der Waals surface area (Å²) in [6, 6.07) is 17.3. The molecular formula is C25H36N6O. The number of benzene rings is 2. The van der Waals surface area contributed by atoms with E-state index in [1.54, 1.807) is 0 Å². The summed E-state index contributed by atoms with van der Waals surface area (Å²) in [6.07, 6.45) is 3.35. The van der Waals surface area contributed by atoms with Crippen LogP contribution < -0.4 is 11.7 Å². The minimum atomic E-state index is 0.0194. The number of amides is 1. The summed E-state index contributed by atoms with van der Waals surface area (Å²) in [5.74, 6) is 12.3. The van der Waals surface area contributed by atoms with Crippen molar-refractivity contribution < 1.29 is 4.79 Å². The quantitative estimate of drug-likeness (QED) is 0.286. The highest BCUT2D eigenvalue weighted by atomic mass is 16.2. The molecule has 0 aromatic heterocycles. The molecule has 0 unspecified atom stereocenters. The smallest absolute Gasteiger partial charge is 0.243 e.